The molecule has 0 radical (unpaired) electrons. The summed E-state index contributed by atoms with van der Waals surface area (Å²) in [6, 6.07) is 23.2. The maximum atomic E-state index is 14.1. The van der Waals surface area contributed by atoms with Crippen LogP contribution in [0.1, 0.15) is 49.8 Å². The van der Waals surface area contributed by atoms with Gasteiger partial charge in [0.1, 0.15) is 9.21 Å². The number of sulfonamides is 1. The van der Waals surface area contributed by atoms with Crippen LogP contribution >= 0.6 is 11.3 Å². The lowest BCUT2D eigenvalue weighted by Gasteiger charge is -2.42. The van der Waals surface area contributed by atoms with Crippen LogP contribution in [-0.2, 0) is 20.4 Å². The topological polar surface area (TPSA) is 108 Å². The Balaban J connectivity index is 1.26. The molecule has 1 atom stereocenters. The molecule has 2 fully saturated rings. The Morgan fingerprint density at radius 3 is 2.18 bits per heavy atom. The van der Waals surface area contributed by atoms with Gasteiger partial charge in [0.05, 0.1) is 11.3 Å². The van der Waals surface area contributed by atoms with E-state index in [0.29, 0.717) is 42.1 Å². The number of aliphatic hydroxyl groups is 1. The average Bonchev–Trinajstić information content (AvgIpc) is 3.54. The molecule has 0 unspecified atom stereocenters. The molecule has 236 valence electrons. The number of hydrogen-bond donors (Lipinski definition) is 1. The molecule has 0 bridgehead atoms. The molecule has 6 rings (SSSR count). The Morgan fingerprint density at radius 2 is 1.58 bits per heavy atom. The molecular weight excluding hydrogens is 607 g/mol. The average molecular weight is 646 g/mol. The number of ether oxygens (including phenoxy) is 1. The largest absolute Gasteiger partial charge is 0.386 e. The van der Waals surface area contributed by atoms with Gasteiger partial charge in [-0.1, -0.05) is 60.7 Å². The number of thiophene rings is 1. The van der Waals surface area contributed by atoms with E-state index in [2.05, 4.69) is 14.9 Å². The van der Waals surface area contributed by atoms with Crippen LogP contribution in [-0.4, -0.2) is 72.4 Å². The van der Waals surface area contributed by atoms with Gasteiger partial charge < -0.3 is 14.7 Å². The minimum atomic E-state index is -3.75. The van der Waals surface area contributed by atoms with Crippen molar-refractivity contribution in [3.05, 3.63) is 102 Å². The summed E-state index contributed by atoms with van der Waals surface area (Å²) in [5.74, 6) is 0.987. The van der Waals surface area contributed by atoms with Gasteiger partial charge >= 0.3 is 0 Å². The minimum Gasteiger partial charge on any atom is -0.386 e. The van der Waals surface area contributed by atoms with Crippen molar-refractivity contribution >= 4 is 38.0 Å². The molecule has 2 aliphatic rings. The van der Waals surface area contributed by atoms with Gasteiger partial charge in [0, 0.05) is 68.0 Å². The van der Waals surface area contributed by atoms with Gasteiger partial charge in [-0.05, 0) is 51.2 Å². The zero-order chi connectivity index (χ0) is 31.4. The summed E-state index contributed by atoms with van der Waals surface area (Å²) in [5, 5.41) is 11.0. The van der Waals surface area contributed by atoms with Gasteiger partial charge in [-0.25, -0.2) is 23.4 Å². The molecule has 2 aliphatic heterocycles. The van der Waals surface area contributed by atoms with Gasteiger partial charge in [0.2, 0.25) is 5.95 Å². The SMILES string of the molecule is CC(C)(O)c1cnc(N2CCN(S(=O)(=O)c3ccc(N=C(c4ccccc4)c4ccccc4)s3)C[C@@H]2CC2CCOCC2)nc1. The molecule has 0 aliphatic carbocycles. The molecule has 2 aromatic heterocycles. The fourth-order valence-corrected chi connectivity index (χ4v) is 8.69. The van der Waals surface area contributed by atoms with Gasteiger partial charge in [0.15, 0.2) is 0 Å². The second-order valence-corrected chi connectivity index (χ2v) is 15.3. The number of nitrogens with zero attached hydrogens (tertiary/aromatic N) is 5. The van der Waals surface area contributed by atoms with E-state index in [0.717, 1.165) is 49.3 Å². The van der Waals surface area contributed by atoms with E-state index in [4.69, 9.17) is 9.73 Å². The van der Waals surface area contributed by atoms with Crippen LogP contribution in [0.25, 0.3) is 0 Å². The second kappa shape index (κ2) is 13.5. The van der Waals surface area contributed by atoms with Crippen molar-refractivity contribution in [3.63, 3.8) is 0 Å². The van der Waals surface area contributed by atoms with Crippen molar-refractivity contribution in [3.8, 4) is 0 Å². The molecule has 0 amide bonds. The fraction of sp³-hybridized carbons (Fsp3) is 0.382. The van der Waals surface area contributed by atoms with Crippen LogP contribution in [0, 0.1) is 5.92 Å². The zero-order valence-electron chi connectivity index (χ0n) is 25.6. The highest BCUT2D eigenvalue weighted by Gasteiger charge is 2.37. The van der Waals surface area contributed by atoms with Crippen molar-refractivity contribution in [2.24, 2.45) is 10.9 Å². The van der Waals surface area contributed by atoms with E-state index in [1.807, 2.05) is 60.7 Å². The van der Waals surface area contributed by atoms with Crippen LogP contribution in [0.3, 0.4) is 0 Å². The first-order chi connectivity index (χ1) is 21.7. The van der Waals surface area contributed by atoms with Crippen molar-refractivity contribution in [1.82, 2.24) is 14.3 Å². The lowest BCUT2D eigenvalue weighted by Crippen LogP contribution is -2.56. The first-order valence-corrected chi connectivity index (χ1v) is 17.6. The molecule has 1 N–H and O–H groups in total. The van der Waals surface area contributed by atoms with Gasteiger partial charge in [-0.2, -0.15) is 4.31 Å². The van der Waals surface area contributed by atoms with Crippen LogP contribution in [0.2, 0.25) is 0 Å². The normalized spacial score (nSPS) is 18.6. The maximum absolute atomic E-state index is 14.1. The standard InChI is InChI=1S/C34H39N5O4S2/c1-34(2,40)28-22-35-33(36-23-28)39-18-17-38(24-29(39)21-25-15-19-43-20-16-25)45(41,42)31-14-13-30(44-31)37-32(26-9-5-3-6-10-26)27-11-7-4-8-12-27/h3-14,22-23,25,29,40H,15-21,24H2,1-2H3/t29-/m0/s1. The highest BCUT2D eigenvalue weighted by Crippen LogP contribution is 2.34. The first-order valence-electron chi connectivity index (χ1n) is 15.4. The predicted octanol–water partition coefficient (Wildman–Crippen LogP) is 5.63. The molecule has 0 spiro atoms. The minimum absolute atomic E-state index is 0.0928. The van der Waals surface area contributed by atoms with Gasteiger partial charge in [0.25, 0.3) is 10.0 Å². The van der Waals surface area contributed by atoms with Crippen molar-refractivity contribution < 1.29 is 18.3 Å². The summed E-state index contributed by atoms with van der Waals surface area (Å²) in [6.07, 6.45) is 6.04. The monoisotopic (exact) mass is 645 g/mol. The molecule has 4 heterocycles. The highest BCUT2D eigenvalue weighted by atomic mass is 32.2. The molecule has 2 aromatic carbocycles. The van der Waals surface area contributed by atoms with E-state index in [9.17, 15) is 13.5 Å². The fourth-order valence-electron chi connectivity index (χ4n) is 5.90. The number of benzene rings is 2. The number of hydrogen-bond acceptors (Lipinski definition) is 9. The third kappa shape index (κ3) is 7.34. The van der Waals surface area contributed by atoms with E-state index < -0.39 is 15.6 Å². The van der Waals surface area contributed by atoms with Crippen LogP contribution in [0.4, 0.5) is 10.9 Å². The Hall–Kier alpha value is -3.48. The molecular formula is C34H39N5O4S2. The molecule has 4 aromatic rings. The Kier molecular flexibility index (Phi) is 9.44. The Morgan fingerprint density at radius 1 is 0.956 bits per heavy atom. The van der Waals surface area contributed by atoms with Gasteiger partial charge in [-0.15, -0.1) is 11.3 Å². The van der Waals surface area contributed by atoms with E-state index in [1.165, 1.54) is 11.3 Å². The number of aromatic nitrogens is 2. The molecule has 9 nitrogen and oxygen atoms in total. The van der Waals surface area contributed by atoms with E-state index in [1.54, 1.807) is 42.7 Å². The number of aliphatic imine (C=N–C) groups is 1. The maximum Gasteiger partial charge on any atom is 0.252 e. The Bertz CT molecular complexity index is 1660. The van der Waals surface area contributed by atoms with E-state index >= 15 is 0 Å². The van der Waals surface area contributed by atoms with Crippen LogP contribution in [0.5, 0.6) is 0 Å². The van der Waals surface area contributed by atoms with Crippen molar-refractivity contribution in [2.45, 2.75) is 49.0 Å². The second-order valence-electron chi connectivity index (χ2n) is 12.1. The van der Waals surface area contributed by atoms with Crippen molar-refractivity contribution in [2.75, 3.05) is 37.7 Å². The number of piperazine rings is 1. The van der Waals surface area contributed by atoms with Crippen LogP contribution < -0.4 is 4.90 Å². The highest BCUT2D eigenvalue weighted by molar-refractivity contribution is 7.91. The summed E-state index contributed by atoms with van der Waals surface area (Å²) < 4.78 is 35.6. The first kappa shape index (κ1) is 31.5. The predicted molar refractivity (Wildman–Crippen MR) is 178 cm³/mol. The summed E-state index contributed by atoms with van der Waals surface area (Å²) in [7, 11) is -3.75. The lowest BCUT2D eigenvalue weighted by atomic mass is 9.91. The number of anilines is 1. The zero-order valence-corrected chi connectivity index (χ0v) is 27.3. The molecule has 2 saturated heterocycles. The summed E-state index contributed by atoms with van der Waals surface area (Å²) in [6.45, 7) is 5.98. The Labute approximate surface area is 269 Å². The van der Waals surface area contributed by atoms with E-state index in [-0.39, 0.29) is 10.3 Å². The third-order valence-electron chi connectivity index (χ3n) is 8.47. The molecule has 11 heteroatoms. The molecule has 0 saturated carbocycles. The summed E-state index contributed by atoms with van der Waals surface area (Å²) in [4.78, 5) is 16.3. The summed E-state index contributed by atoms with van der Waals surface area (Å²) >= 11 is 1.19. The third-order valence-corrected chi connectivity index (χ3v) is 11.8. The number of rotatable bonds is 9. The van der Waals surface area contributed by atoms with Crippen LogP contribution in [0.15, 0.2) is 94.4 Å². The van der Waals surface area contributed by atoms with Crippen molar-refractivity contribution in [1.29, 1.82) is 0 Å². The van der Waals surface area contributed by atoms with Gasteiger partial charge in [-0.3, -0.25) is 0 Å². The smallest absolute Gasteiger partial charge is 0.252 e. The summed E-state index contributed by atoms with van der Waals surface area (Å²) in [5.41, 5.74) is 2.31. The quantitative estimate of drug-likeness (QED) is 0.235. The molecule has 45 heavy (non-hydrogen) atoms. The lowest BCUT2D eigenvalue weighted by molar-refractivity contribution is 0.0601.